The Labute approximate surface area is 162 Å². The normalized spacial score (nSPS) is 10.5. The number of carbonyl (C=O) groups excluding carboxylic acids is 1. The van der Waals surface area contributed by atoms with Gasteiger partial charge in [0.05, 0.1) is 22.7 Å². The van der Waals surface area contributed by atoms with Gasteiger partial charge in [0.2, 0.25) is 0 Å². The largest absolute Gasteiger partial charge is 0.342 e. The van der Waals surface area contributed by atoms with Crippen LogP contribution in [0.1, 0.15) is 27.3 Å². The Morgan fingerprint density at radius 2 is 1.82 bits per heavy atom. The summed E-state index contributed by atoms with van der Waals surface area (Å²) >= 11 is 0. The Balaban J connectivity index is 1.50. The summed E-state index contributed by atoms with van der Waals surface area (Å²) in [5.41, 5.74) is 4.71. The molecule has 2 N–H and O–H groups in total. The molecular weight excluding hydrogens is 348 g/mol. The van der Waals surface area contributed by atoms with Gasteiger partial charge < -0.3 is 10.3 Å². The molecule has 0 unspecified atom stereocenters. The Morgan fingerprint density at radius 3 is 2.68 bits per heavy atom. The van der Waals surface area contributed by atoms with E-state index in [0.29, 0.717) is 11.1 Å². The molecule has 0 aliphatic carbocycles. The van der Waals surface area contributed by atoms with E-state index in [-0.39, 0.29) is 5.91 Å². The van der Waals surface area contributed by atoms with Gasteiger partial charge in [0.15, 0.2) is 0 Å². The summed E-state index contributed by atoms with van der Waals surface area (Å²) in [6, 6.07) is 24.4. The lowest BCUT2D eigenvalue weighted by molar-refractivity contribution is 0.102. The molecule has 4 rings (SSSR count). The molecule has 4 aromatic rings. The summed E-state index contributed by atoms with van der Waals surface area (Å²) in [5.74, 6) is 0.692. The van der Waals surface area contributed by atoms with E-state index in [9.17, 15) is 4.79 Å². The van der Waals surface area contributed by atoms with Crippen LogP contribution < -0.4 is 5.32 Å². The summed E-state index contributed by atoms with van der Waals surface area (Å²) < 4.78 is 0. The van der Waals surface area contributed by atoms with Crippen molar-refractivity contribution >= 4 is 22.6 Å². The number of carbonyl (C=O) groups is 1. The maximum absolute atomic E-state index is 12.6. The summed E-state index contributed by atoms with van der Waals surface area (Å²) in [6.07, 6.45) is 1.49. The van der Waals surface area contributed by atoms with Crippen LogP contribution >= 0.6 is 0 Å². The number of rotatable bonds is 5. The molecule has 5 nitrogen and oxygen atoms in total. The summed E-state index contributed by atoms with van der Waals surface area (Å²) in [4.78, 5) is 20.5. The number of benzene rings is 3. The highest BCUT2D eigenvalue weighted by Crippen LogP contribution is 2.19. The average molecular weight is 366 g/mol. The molecule has 28 heavy (non-hydrogen) atoms. The van der Waals surface area contributed by atoms with Crippen molar-refractivity contribution in [2.45, 2.75) is 12.8 Å². The van der Waals surface area contributed by atoms with Crippen molar-refractivity contribution in [3.05, 3.63) is 95.3 Å². The molecule has 1 heterocycles. The minimum Gasteiger partial charge on any atom is -0.342 e. The van der Waals surface area contributed by atoms with Crippen LogP contribution in [0, 0.1) is 11.3 Å². The zero-order valence-electron chi connectivity index (χ0n) is 15.1. The highest BCUT2D eigenvalue weighted by atomic mass is 16.1. The van der Waals surface area contributed by atoms with Crippen LogP contribution in [0.4, 0.5) is 5.69 Å². The third-order valence-corrected chi connectivity index (χ3v) is 4.59. The SMILES string of the molecule is N#Cc1cccc(C(=O)Nc2ccccc2CCc2nc3ccccc3[nH]2)c1. The van der Waals surface area contributed by atoms with E-state index in [1.807, 2.05) is 48.5 Å². The van der Waals surface area contributed by atoms with Gasteiger partial charge in [-0.1, -0.05) is 36.4 Å². The van der Waals surface area contributed by atoms with Crippen LogP contribution in [0.3, 0.4) is 0 Å². The molecule has 1 aromatic heterocycles. The van der Waals surface area contributed by atoms with Gasteiger partial charge in [-0.15, -0.1) is 0 Å². The summed E-state index contributed by atoms with van der Waals surface area (Å²) in [5, 5.41) is 12.0. The molecule has 0 saturated carbocycles. The van der Waals surface area contributed by atoms with Gasteiger partial charge in [0.25, 0.3) is 5.91 Å². The fourth-order valence-corrected chi connectivity index (χ4v) is 3.16. The molecular formula is C23H18N4O. The lowest BCUT2D eigenvalue weighted by Crippen LogP contribution is -2.13. The van der Waals surface area contributed by atoms with Crippen molar-refractivity contribution in [3.63, 3.8) is 0 Å². The quantitative estimate of drug-likeness (QED) is 0.547. The lowest BCUT2D eigenvalue weighted by atomic mass is 10.1. The molecule has 0 aliphatic heterocycles. The van der Waals surface area contributed by atoms with E-state index in [1.54, 1.807) is 24.3 Å². The monoisotopic (exact) mass is 366 g/mol. The number of hydrogen-bond donors (Lipinski definition) is 2. The fourth-order valence-electron chi connectivity index (χ4n) is 3.16. The molecule has 1 amide bonds. The van der Waals surface area contributed by atoms with Crippen LogP contribution in [0.2, 0.25) is 0 Å². The average Bonchev–Trinajstić information content (AvgIpc) is 3.16. The van der Waals surface area contributed by atoms with Crippen LogP contribution in [0.5, 0.6) is 0 Å². The number of para-hydroxylation sites is 3. The Hall–Kier alpha value is -3.91. The first kappa shape index (κ1) is 17.5. The molecule has 0 aliphatic rings. The first-order chi connectivity index (χ1) is 13.7. The number of nitrogens with zero attached hydrogens (tertiary/aromatic N) is 2. The van der Waals surface area contributed by atoms with Crippen molar-refractivity contribution in [1.29, 1.82) is 5.26 Å². The molecule has 0 bridgehead atoms. The van der Waals surface area contributed by atoms with Crippen molar-refractivity contribution in [2.75, 3.05) is 5.32 Å². The third kappa shape index (κ3) is 3.76. The van der Waals surface area contributed by atoms with E-state index < -0.39 is 0 Å². The van der Waals surface area contributed by atoms with E-state index in [4.69, 9.17) is 5.26 Å². The third-order valence-electron chi connectivity index (χ3n) is 4.59. The number of anilines is 1. The number of aryl methyl sites for hydroxylation is 2. The number of nitriles is 1. The molecule has 0 fully saturated rings. The van der Waals surface area contributed by atoms with Crippen LogP contribution in [0.25, 0.3) is 11.0 Å². The van der Waals surface area contributed by atoms with E-state index in [1.165, 1.54) is 0 Å². The number of aromatic amines is 1. The summed E-state index contributed by atoms with van der Waals surface area (Å²) in [6.45, 7) is 0. The number of imidazole rings is 1. The van der Waals surface area contributed by atoms with Gasteiger partial charge in [-0.05, 0) is 48.4 Å². The van der Waals surface area contributed by atoms with Crippen LogP contribution in [0.15, 0.2) is 72.8 Å². The number of fused-ring (bicyclic) bond motifs is 1. The van der Waals surface area contributed by atoms with Crippen molar-refractivity contribution in [2.24, 2.45) is 0 Å². The van der Waals surface area contributed by atoms with Gasteiger partial charge in [0, 0.05) is 17.7 Å². The second kappa shape index (κ2) is 7.77. The maximum Gasteiger partial charge on any atom is 0.255 e. The minimum atomic E-state index is -0.228. The highest BCUT2D eigenvalue weighted by Gasteiger charge is 2.10. The van der Waals surface area contributed by atoms with Gasteiger partial charge in [-0.3, -0.25) is 4.79 Å². The zero-order valence-corrected chi connectivity index (χ0v) is 15.1. The highest BCUT2D eigenvalue weighted by molar-refractivity contribution is 6.04. The zero-order chi connectivity index (χ0) is 19.3. The van der Waals surface area contributed by atoms with Crippen molar-refractivity contribution in [3.8, 4) is 6.07 Å². The molecule has 0 spiro atoms. The molecule has 0 radical (unpaired) electrons. The van der Waals surface area contributed by atoms with Gasteiger partial charge in [-0.25, -0.2) is 4.98 Å². The van der Waals surface area contributed by atoms with Crippen molar-refractivity contribution < 1.29 is 4.79 Å². The Morgan fingerprint density at radius 1 is 1.00 bits per heavy atom. The number of amides is 1. The lowest BCUT2D eigenvalue weighted by Gasteiger charge is -2.11. The maximum atomic E-state index is 12.6. The smallest absolute Gasteiger partial charge is 0.255 e. The number of nitrogens with one attached hydrogen (secondary N) is 2. The van der Waals surface area contributed by atoms with Crippen molar-refractivity contribution in [1.82, 2.24) is 9.97 Å². The van der Waals surface area contributed by atoms with Crippen LogP contribution in [-0.2, 0) is 12.8 Å². The first-order valence-electron chi connectivity index (χ1n) is 9.06. The molecule has 0 atom stereocenters. The Bertz CT molecular complexity index is 1150. The second-order valence-corrected chi connectivity index (χ2v) is 6.50. The summed E-state index contributed by atoms with van der Waals surface area (Å²) in [7, 11) is 0. The molecule has 136 valence electrons. The van der Waals surface area contributed by atoms with Gasteiger partial charge in [-0.2, -0.15) is 5.26 Å². The number of H-pyrrole nitrogens is 1. The second-order valence-electron chi connectivity index (χ2n) is 6.50. The number of hydrogen-bond acceptors (Lipinski definition) is 3. The predicted octanol–water partition coefficient (Wildman–Crippen LogP) is 4.47. The van der Waals surface area contributed by atoms with Gasteiger partial charge >= 0.3 is 0 Å². The molecule has 0 saturated heterocycles. The number of aromatic nitrogens is 2. The predicted molar refractivity (Wildman–Crippen MR) is 109 cm³/mol. The molecule has 3 aromatic carbocycles. The van der Waals surface area contributed by atoms with E-state index in [2.05, 4.69) is 21.4 Å². The Kier molecular flexibility index (Phi) is 4.85. The van der Waals surface area contributed by atoms with E-state index >= 15 is 0 Å². The van der Waals surface area contributed by atoms with Crippen LogP contribution in [-0.4, -0.2) is 15.9 Å². The minimum absolute atomic E-state index is 0.228. The topological polar surface area (TPSA) is 81.6 Å². The first-order valence-corrected chi connectivity index (χ1v) is 9.06. The van der Waals surface area contributed by atoms with Gasteiger partial charge in [0.1, 0.15) is 5.82 Å². The van der Waals surface area contributed by atoms with E-state index in [0.717, 1.165) is 41.0 Å². The standard InChI is InChI=1S/C23H18N4O/c24-15-16-6-5-8-18(14-16)23(28)27-19-9-2-1-7-17(19)12-13-22-25-20-10-3-4-11-21(20)26-22/h1-11,14H,12-13H2,(H,25,26)(H,27,28). The molecule has 5 heteroatoms. The fraction of sp³-hybridized carbons (Fsp3) is 0.0870.